The molecule has 1 rings (SSSR count). The highest BCUT2D eigenvalue weighted by atomic mass is 79.9. The molecule has 3 nitrogen and oxygen atoms in total. The minimum atomic E-state index is -0.356. The Hall–Kier alpha value is -1.29. The first-order valence-corrected chi connectivity index (χ1v) is 6.33. The van der Waals surface area contributed by atoms with E-state index in [0.29, 0.717) is 23.1 Å². The number of carbonyl (C=O) groups is 1. The molecule has 0 radical (unpaired) electrons. The summed E-state index contributed by atoms with van der Waals surface area (Å²) in [5, 5.41) is 0.678. The Balaban J connectivity index is 3.21. The number of carbonyl (C=O) groups excluding carboxylic acids is 1. The quantitative estimate of drug-likeness (QED) is 0.363. The molecule has 1 aromatic carbocycles. The third kappa shape index (κ3) is 3.60. The second-order valence-electron chi connectivity index (χ2n) is 3.31. The topological polar surface area (TPSA) is 35.5 Å². The third-order valence-corrected chi connectivity index (χ3v) is 2.69. The van der Waals surface area contributed by atoms with Gasteiger partial charge in [-0.25, -0.2) is 4.79 Å². The van der Waals surface area contributed by atoms with Crippen LogP contribution < -0.4 is 0 Å². The highest BCUT2D eigenvalue weighted by Crippen LogP contribution is 2.23. The van der Waals surface area contributed by atoms with Gasteiger partial charge in [-0.2, -0.15) is 0 Å². The number of methoxy groups -OCH3 is 2. The summed E-state index contributed by atoms with van der Waals surface area (Å²) in [5.41, 5.74) is 1.41. The molecule has 0 spiro atoms. The first kappa shape index (κ1) is 13.8. The van der Waals surface area contributed by atoms with Crippen molar-refractivity contribution in [3.63, 3.8) is 0 Å². The van der Waals surface area contributed by atoms with Crippen LogP contribution in [0, 0.1) is 0 Å². The predicted molar refractivity (Wildman–Crippen MR) is 70.8 cm³/mol. The van der Waals surface area contributed by atoms with Crippen molar-refractivity contribution in [2.45, 2.75) is 6.42 Å². The van der Waals surface area contributed by atoms with E-state index in [-0.39, 0.29) is 5.97 Å². The van der Waals surface area contributed by atoms with E-state index in [1.807, 2.05) is 30.3 Å². The maximum absolute atomic E-state index is 11.7. The van der Waals surface area contributed by atoms with Crippen molar-refractivity contribution in [2.24, 2.45) is 0 Å². The average Bonchev–Trinajstić information content (AvgIpc) is 2.39. The van der Waals surface area contributed by atoms with Crippen LogP contribution >= 0.6 is 15.9 Å². The van der Waals surface area contributed by atoms with Crippen LogP contribution in [0.4, 0.5) is 0 Å². The van der Waals surface area contributed by atoms with Gasteiger partial charge < -0.3 is 9.47 Å². The molecule has 0 unspecified atom stereocenters. The summed E-state index contributed by atoms with van der Waals surface area (Å²) < 4.78 is 10.1. The van der Waals surface area contributed by atoms with Gasteiger partial charge in [-0.1, -0.05) is 46.3 Å². The van der Waals surface area contributed by atoms with Crippen molar-refractivity contribution in [3.05, 3.63) is 41.5 Å². The molecule has 0 aliphatic rings. The molecule has 0 aliphatic heterocycles. The molecule has 0 fully saturated rings. The molecule has 0 N–H and O–H groups in total. The molecular weight excluding hydrogens is 284 g/mol. The fraction of sp³-hybridized carbons (Fsp3) is 0.308. The molecule has 0 heterocycles. The summed E-state index contributed by atoms with van der Waals surface area (Å²) in [6.45, 7) is 0. The van der Waals surface area contributed by atoms with Crippen molar-refractivity contribution in [3.8, 4) is 0 Å². The van der Waals surface area contributed by atoms with E-state index in [9.17, 15) is 4.79 Å². The summed E-state index contributed by atoms with van der Waals surface area (Å²) in [7, 11) is 2.92. The summed E-state index contributed by atoms with van der Waals surface area (Å²) in [6, 6.07) is 9.51. The molecule has 1 aromatic rings. The number of rotatable bonds is 5. The summed E-state index contributed by atoms with van der Waals surface area (Å²) in [6.07, 6.45) is 0.560. The van der Waals surface area contributed by atoms with Gasteiger partial charge in [-0.05, 0) is 6.42 Å². The highest BCUT2D eigenvalue weighted by molar-refractivity contribution is 9.09. The smallest absolute Gasteiger partial charge is 0.337 e. The SMILES string of the molecule is COC(=O)/C(CCBr)=C(/OC)c1ccccc1. The van der Waals surface area contributed by atoms with Gasteiger partial charge >= 0.3 is 5.97 Å². The van der Waals surface area contributed by atoms with Crippen molar-refractivity contribution >= 4 is 27.7 Å². The molecule has 0 aliphatic carbocycles. The molecule has 0 amide bonds. The summed E-state index contributed by atoms with van der Waals surface area (Å²) in [5.74, 6) is 0.210. The zero-order valence-electron chi connectivity index (χ0n) is 9.90. The number of hydrogen-bond acceptors (Lipinski definition) is 3. The molecule has 0 saturated carbocycles. The first-order chi connectivity index (χ1) is 8.24. The Morgan fingerprint density at radius 3 is 2.29 bits per heavy atom. The van der Waals surface area contributed by atoms with Crippen molar-refractivity contribution in [1.82, 2.24) is 0 Å². The fourth-order valence-corrected chi connectivity index (χ4v) is 1.93. The number of benzene rings is 1. The van der Waals surface area contributed by atoms with Gasteiger partial charge in [-0.3, -0.25) is 0 Å². The lowest BCUT2D eigenvalue weighted by Gasteiger charge is -2.12. The van der Waals surface area contributed by atoms with Crippen molar-refractivity contribution in [1.29, 1.82) is 0 Å². The molecule has 0 saturated heterocycles. The van der Waals surface area contributed by atoms with E-state index in [2.05, 4.69) is 15.9 Å². The third-order valence-electron chi connectivity index (χ3n) is 2.29. The average molecular weight is 299 g/mol. The monoisotopic (exact) mass is 298 g/mol. The minimum absolute atomic E-state index is 0.356. The maximum atomic E-state index is 11.7. The van der Waals surface area contributed by atoms with Crippen LogP contribution in [0.25, 0.3) is 5.76 Å². The van der Waals surface area contributed by atoms with E-state index >= 15 is 0 Å². The van der Waals surface area contributed by atoms with Crippen LogP contribution in [0.1, 0.15) is 12.0 Å². The van der Waals surface area contributed by atoms with Crippen molar-refractivity contribution < 1.29 is 14.3 Å². The minimum Gasteiger partial charge on any atom is -0.496 e. The highest BCUT2D eigenvalue weighted by Gasteiger charge is 2.17. The van der Waals surface area contributed by atoms with Gasteiger partial charge in [0.15, 0.2) is 0 Å². The zero-order chi connectivity index (χ0) is 12.7. The molecule has 0 atom stereocenters. The Kier molecular flexibility index (Phi) is 5.77. The van der Waals surface area contributed by atoms with Crippen molar-refractivity contribution in [2.75, 3.05) is 19.5 Å². The lowest BCUT2D eigenvalue weighted by atomic mass is 10.1. The molecule has 0 aromatic heterocycles. The fourth-order valence-electron chi connectivity index (χ4n) is 1.53. The standard InChI is InChI=1S/C13H15BrO3/c1-16-12(10-6-4-3-5-7-10)11(8-9-14)13(15)17-2/h3-7H,8-9H2,1-2H3/b12-11+. The van der Waals surface area contributed by atoms with Gasteiger partial charge in [0.2, 0.25) is 0 Å². The van der Waals surface area contributed by atoms with Crippen LogP contribution in [0.3, 0.4) is 0 Å². The van der Waals surface area contributed by atoms with Gasteiger partial charge in [0.1, 0.15) is 5.76 Å². The van der Waals surface area contributed by atoms with E-state index < -0.39 is 0 Å². The lowest BCUT2D eigenvalue weighted by molar-refractivity contribution is -0.136. The summed E-state index contributed by atoms with van der Waals surface area (Å²) in [4.78, 5) is 11.7. The van der Waals surface area contributed by atoms with Gasteiger partial charge in [0.05, 0.1) is 19.8 Å². The maximum Gasteiger partial charge on any atom is 0.337 e. The van der Waals surface area contributed by atoms with Crippen LogP contribution in [-0.4, -0.2) is 25.5 Å². The molecule has 0 bridgehead atoms. The summed E-state index contributed by atoms with van der Waals surface area (Å²) >= 11 is 3.32. The number of hydrogen-bond donors (Lipinski definition) is 0. The Morgan fingerprint density at radius 2 is 1.82 bits per heavy atom. The van der Waals surface area contributed by atoms with E-state index in [1.165, 1.54) is 7.11 Å². The van der Waals surface area contributed by atoms with Crippen LogP contribution in [0.15, 0.2) is 35.9 Å². The lowest BCUT2D eigenvalue weighted by Crippen LogP contribution is -2.09. The van der Waals surface area contributed by atoms with E-state index in [0.717, 1.165) is 5.56 Å². The van der Waals surface area contributed by atoms with E-state index in [1.54, 1.807) is 7.11 Å². The predicted octanol–water partition coefficient (Wildman–Crippen LogP) is 3.00. The Labute approximate surface area is 110 Å². The van der Waals surface area contributed by atoms with Gasteiger partial charge in [0.25, 0.3) is 0 Å². The number of ether oxygens (including phenoxy) is 2. The second-order valence-corrected chi connectivity index (χ2v) is 4.10. The Bertz CT molecular complexity index is 398. The largest absolute Gasteiger partial charge is 0.496 e. The molecular formula is C13H15BrO3. The van der Waals surface area contributed by atoms with E-state index in [4.69, 9.17) is 9.47 Å². The molecule has 92 valence electrons. The zero-order valence-corrected chi connectivity index (χ0v) is 11.5. The second kappa shape index (κ2) is 7.12. The number of halogens is 1. The number of esters is 1. The normalized spacial score (nSPS) is 11.7. The van der Waals surface area contributed by atoms with Crippen LogP contribution in [0.2, 0.25) is 0 Å². The number of alkyl halides is 1. The van der Waals surface area contributed by atoms with Crippen LogP contribution in [0.5, 0.6) is 0 Å². The molecule has 17 heavy (non-hydrogen) atoms. The first-order valence-electron chi connectivity index (χ1n) is 5.21. The van der Waals surface area contributed by atoms with Gasteiger partial charge in [0, 0.05) is 10.9 Å². The van der Waals surface area contributed by atoms with Crippen LogP contribution in [-0.2, 0) is 14.3 Å². The van der Waals surface area contributed by atoms with Gasteiger partial charge in [-0.15, -0.1) is 0 Å². The Morgan fingerprint density at radius 1 is 1.18 bits per heavy atom. The molecule has 4 heteroatoms.